The summed E-state index contributed by atoms with van der Waals surface area (Å²) in [4.78, 5) is 196. The van der Waals surface area contributed by atoms with Crippen molar-refractivity contribution in [2.75, 3.05) is 152 Å². The van der Waals surface area contributed by atoms with Gasteiger partial charge in [-0.05, 0) is 93.4 Å². The Bertz CT molecular complexity index is 4350. The van der Waals surface area contributed by atoms with Crippen LogP contribution in [0.4, 0.5) is 39.5 Å². The molecule has 3 aromatic rings. The largest absolute Gasteiger partial charge is 0.490 e. The van der Waals surface area contributed by atoms with Gasteiger partial charge in [0.1, 0.15) is 42.3 Å². The zero-order chi connectivity index (χ0) is 109. The summed E-state index contributed by atoms with van der Waals surface area (Å²) in [5.74, 6) is -18.0. The highest BCUT2D eigenvalue weighted by atomic mass is 19.4. The van der Waals surface area contributed by atoms with E-state index in [9.17, 15) is 102 Å². The summed E-state index contributed by atoms with van der Waals surface area (Å²) in [5.41, 5.74) is 29.1. The van der Waals surface area contributed by atoms with Crippen LogP contribution in [0.1, 0.15) is 128 Å². The Hall–Kier alpha value is -12.8. The number of rotatable bonds is 63. The Balaban J connectivity index is 0.00000448. The highest BCUT2D eigenvalue weighted by molar-refractivity contribution is 5.99. The SMILES string of the molecule is CC[C@H](C)[C@H](NC(=O)[C@H](CC(C)C)NC(=O)c1ccco1)C(=O)NCC(=O)N[C@@H](CCCN=C(N)N)C(=O)N[C@@H](CC(C)C)C(=O)N[C@@H](CCCN)C(=O)NCCOCCOCCOCCOCCOCCOCCOCCOCCn1cc(C[C@H]2CN[C@@H](CCCN=C(N)N)C(=O)NCC(=O)N[C@@H](CC(=O)O)C(=O)N[C@H](Cc3ccccc3)C(=O)N2)nn1.O=C(O)C(F)(F)F.O=C(O)C(F)(F)F.O=C(O)C(F)(F)F. The molecule has 2 aromatic heterocycles. The molecule has 1 saturated heterocycles. The number of ether oxygens (including phenoxy) is 8. The van der Waals surface area contributed by atoms with Crippen LogP contribution in [0.25, 0.3) is 0 Å². The second-order valence-electron chi connectivity index (χ2n) is 32.6. The summed E-state index contributed by atoms with van der Waals surface area (Å²) < 4.78 is 147. The lowest BCUT2D eigenvalue weighted by Gasteiger charge is -2.27. The third-order valence-electron chi connectivity index (χ3n) is 19.5. The van der Waals surface area contributed by atoms with Gasteiger partial charge in [-0.3, -0.25) is 67.5 Å². The third kappa shape index (κ3) is 63.2. The number of halogens is 9. The number of furan rings is 1. The zero-order valence-electron chi connectivity index (χ0n) is 81.2. The van der Waals surface area contributed by atoms with Crippen molar-refractivity contribution in [1.82, 2.24) is 78.8 Å². The maximum atomic E-state index is 14.2. The zero-order valence-corrected chi connectivity index (χ0v) is 81.2. The smallest absolute Gasteiger partial charge is 0.481 e. The molecule has 145 heavy (non-hydrogen) atoms. The number of carboxylic acid groups (broad SMARTS) is 4. The summed E-state index contributed by atoms with van der Waals surface area (Å²) in [6, 6.07) is 1.88. The molecular weight excluding hydrogens is 1960 g/mol. The van der Waals surface area contributed by atoms with E-state index in [1.54, 1.807) is 48.1 Å². The fraction of sp³-hybridized carbons (Fsp3) is 0.663. The lowest BCUT2D eigenvalue weighted by atomic mass is 9.96. The summed E-state index contributed by atoms with van der Waals surface area (Å²) in [5, 5.41) is 72.2. The molecule has 50 nitrogen and oxygen atoms in total. The number of aliphatic carboxylic acids is 4. The molecule has 1 aliphatic heterocycles. The van der Waals surface area contributed by atoms with E-state index in [1.165, 1.54) is 18.4 Å². The van der Waals surface area contributed by atoms with Crippen LogP contribution in [0.3, 0.4) is 0 Å². The van der Waals surface area contributed by atoms with Crippen LogP contribution in [0.15, 0.2) is 69.3 Å². The first-order valence-corrected chi connectivity index (χ1v) is 45.9. The molecule has 1 fully saturated rings. The molecule has 11 amide bonds. The molecule has 0 bridgehead atoms. The first-order valence-electron chi connectivity index (χ1n) is 45.9. The lowest BCUT2D eigenvalue weighted by molar-refractivity contribution is -0.193. The van der Waals surface area contributed by atoms with Crippen LogP contribution in [0.5, 0.6) is 0 Å². The van der Waals surface area contributed by atoms with E-state index in [0.29, 0.717) is 116 Å². The van der Waals surface area contributed by atoms with Gasteiger partial charge in [0.15, 0.2) is 17.7 Å². The van der Waals surface area contributed by atoms with E-state index >= 15 is 0 Å². The van der Waals surface area contributed by atoms with Crippen molar-refractivity contribution in [3.05, 3.63) is 71.9 Å². The monoisotopic (exact) mass is 2100 g/mol. The van der Waals surface area contributed by atoms with E-state index in [2.05, 4.69) is 84.1 Å². The van der Waals surface area contributed by atoms with Gasteiger partial charge in [-0.25, -0.2) is 19.1 Å². The molecule has 0 radical (unpaired) electrons. The Labute approximate surface area is 828 Å². The first-order chi connectivity index (χ1) is 68.4. The Morgan fingerprint density at radius 1 is 0.524 bits per heavy atom. The van der Waals surface area contributed by atoms with Gasteiger partial charge in [0, 0.05) is 51.3 Å². The maximum Gasteiger partial charge on any atom is 0.490 e. The highest BCUT2D eigenvalue weighted by Crippen LogP contribution is 2.18. The molecule has 0 unspecified atom stereocenters. The van der Waals surface area contributed by atoms with Gasteiger partial charge in [-0.1, -0.05) is 83.5 Å². The summed E-state index contributed by atoms with van der Waals surface area (Å²) in [6.07, 6.45) is -10.6. The molecule has 59 heteroatoms. The van der Waals surface area contributed by atoms with E-state index in [0.717, 1.165) is 0 Å². The van der Waals surface area contributed by atoms with Gasteiger partial charge < -0.3 is 155 Å². The number of nitrogens with zero attached hydrogens (tertiary/aromatic N) is 5. The highest BCUT2D eigenvalue weighted by Gasteiger charge is 2.41. The second-order valence-corrected chi connectivity index (χ2v) is 32.6. The summed E-state index contributed by atoms with van der Waals surface area (Å²) >= 11 is 0. The van der Waals surface area contributed by atoms with Crippen LogP contribution in [0, 0.1) is 17.8 Å². The predicted molar refractivity (Wildman–Crippen MR) is 495 cm³/mol. The van der Waals surface area contributed by atoms with Crippen LogP contribution >= 0.6 is 0 Å². The number of hydrogen-bond acceptors (Lipinski definition) is 30. The molecule has 0 saturated carbocycles. The molecule has 4 rings (SSSR count). The van der Waals surface area contributed by atoms with Crippen LogP contribution in [-0.4, -0.2) is 361 Å². The number of amides is 11. The minimum Gasteiger partial charge on any atom is -0.481 e. The van der Waals surface area contributed by atoms with Gasteiger partial charge in [0.2, 0.25) is 59.1 Å². The average Bonchev–Trinajstić information content (AvgIpc) is 1.84. The number of carbonyl (C=O) groups is 15. The van der Waals surface area contributed by atoms with Crippen molar-refractivity contribution in [3.8, 4) is 0 Å². The van der Waals surface area contributed by atoms with Crippen molar-refractivity contribution in [2.24, 2.45) is 56.4 Å². The summed E-state index contributed by atoms with van der Waals surface area (Å²) in [6.45, 7) is 15.8. The number of alkyl halides is 9. The number of nitrogens with one attached hydrogen (secondary N) is 12. The van der Waals surface area contributed by atoms with Gasteiger partial charge in [0.05, 0.1) is 150 Å². The van der Waals surface area contributed by atoms with Crippen molar-refractivity contribution < 1.29 is 174 Å². The fourth-order valence-electron chi connectivity index (χ4n) is 12.2. The molecule has 0 aliphatic carbocycles. The normalized spacial score (nSPS) is 15.9. The van der Waals surface area contributed by atoms with Gasteiger partial charge >= 0.3 is 42.4 Å². The molecule has 10 atom stereocenters. The fourth-order valence-corrected chi connectivity index (χ4v) is 12.2. The average molecular weight is 2100 g/mol. The van der Waals surface area contributed by atoms with Crippen LogP contribution in [0.2, 0.25) is 0 Å². The standard InChI is InChI=1S/C80H134N22O22.3C2HF3O2/c1-7-54(6)69(99-76(113)62(44-53(4)5)98-77(114)65-20-14-26-124-65)78(115)91-50-66(103)93-60(19-13-23-88-80(84)85)72(109)96-61(43-52(2)3)74(111)95-59(17-11-21-81)71(108)86-24-27-116-29-31-118-33-35-120-37-39-122-41-42-123-40-38-121-36-34-119-32-30-117-28-25-102-51-57(100-101-102)46-56-48-89-58(18-12-22-87-79(82)83)70(107)90-49-67(104)94-64(47-68(105)106)75(112)97-63(73(110)92-56)45-55-15-9-8-10-16-55;3*3-2(4,5)1(6)7/h8-10,14-16,20,26,51-54,56,58-64,69,89H,7,11-13,17-19,21-25,27-50,81H2,1-6H3,(H,86,108)(H,90,107)(H,91,115)(H,92,110)(H,93,103)(H,94,104)(H,95,111)(H,96,109)(H,97,112)(H,98,114)(H,99,113)(H,105,106)(H4,82,83,87)(H4,84,85,88);3*(H,6,7)/t54-,56-,58-,59-,60-,61-,62-,63+,64-,69-;;;/m0.../s1. The number of hydrogen-bond donors (Lipinski definition) is 21. The van der Waals surface area contributed by atoms with Crippen LogP contribution in [-0.2, 0) is 124 Å². The van der Waals surface area contributed by atoms with E-state index in [-0.39, 0.29) is 140 Å². The van der Waals surface area contributed by atoms with Gasteiger partial charge in [-0.15, -0.1) is 5.10 Å². The molecule has 1 aliphatic rings. The lowest BCUT2D eigenvalue weighted by Crippen LogP contribution is -2.58. The maximum absolute atomic E-state index is 14.2. The van der Waals surface area contributed by atoms with E-state index < -0.39 is 187 Å². The second kappa shape index (κ2) is 73.3. The van der Waals surface area contributed by atoms with Crippen molar-refractivity contribution in [3.63, 3.8) is 0 Å². The summed E-state index contributed by atoms with van der Waals surface area (Å²) in [7, 11) is 0. The van der Waals surface area contributed by atoms with Crippen molar-refractivity contribution in [2.45, 2.75) is 198 Å². The topological polar surface area (TPSA) is 754 Å². The molecule has 822 valence electrons. The van der Waals surface area contributed by atoms with E-state index in [4.69, 9.17) is 101 Å². The number of carbonyl (C=O) groups excluding carboxylic acids is 11. The van der Waals surface area contributed by atoms with Gasteiger partial charge in [-0.2, -0.15) is 39.5 Å². The van der Waals surface area contributed by atoms with Crippen molar-refractivity contribution >= 4 is 101 Å². The molecular formula is C86H137F9N22O28. The predicted octanol–water partition coefficient (Wildman–Crippen LogP) is -2.34. The minimum atomic E-state index is -5.08. The Morgan fingerprint density at radius 2 is 0.986 bits per heavy atom. The van der Waals surface area contributed by atoms with Gasteiger partial charge in [0.25, 0.3) is 5.91 Å². The first kappa shape index (κ1) is 130. The third-order valence-corrected chi connectivity index (χ3v) is 19.5. The van der Waals surface area contributed by atoms with E-state index in [1.807, 2.05) is 34.6 Å². The minimum absolute atomic E-state index is 0.00785. The quantitative estimate of drug-likeness (QED) is 0.0122. The Morgan fingerprint density at radius 3 is 1.46 bits per heavy atom. The number of benzene rings is 1. The number of aliphatic imine (C=N–C) groups is 2. The molecule has 1 aromatic carbocycles. The number of carboxylic acids is 4. The Kier molecular flexibility index (Phi) is 65.8. The van der Waals surface area contributed by atoms with Crippen LogP contribution < -0.4 is 92.5 Å². The number of nitrogens with two attached hydrogens (primary N) is 5. The van der Waals surface area contributed by atoms with Crippen molar-refractivity contribution in [1.29, 1.82) is 0 Å². The number of aromatic nitrogens is 3. The molecule has 0 spiro atoms. The molecule has 3 heterocycles. The number of guanidine groups is 2. The molecule has 26 N–H and O–H groups in total.